The lowest BCUT2D eigenvalue weighted by molar-refractivity contribution is -0.118. The molecule has 2 aromatic carbocycles. The molecule has 0 bridgehead atoms. The molecule has 0 fully saturated rings. The van der Waals surface area contributed by atoms with Crippen molar-refractivity contribution in [3.05, 3.63) is 52.5 Å². The number of halogens is 1. The van der Waals surface area contributed by atoms with Gasteiger partial charge in [0.15, 0.2) is 6.61 Å². The fraction of sp³-hybridized carbons (Fsp3) is 0.350. The number of anilines is 1. The van der Waals surface area contributed by atoms with Crippen LogP contribution in [0.4, 0.5) is 5.69 Å². The first-order valence-corrected chi connectivity index (χ1v) is 10.8. The monoisotopic (exact) mass is 424 g/mol. The first-order valence-electron chi connectivity index (χ1n) is 8.98. The number of nitrogens with zero attached hydrogens (tertiary/aromatic N) is 1. The van der Waals surface area contributed by atoms with Gasteiger partial charge in [-0.25, -0.2) is 8.42 Å². The van der Waals surface area contributed by atoms with Crippen molar-refractivity contribution in [2.75, 3.05) is 25.0 Å². The number of benzene rings is 2. The van der Waals surface area contributed by atoms with Crippen LogP contribution in [0.5, 0.6) is 5.75 Å². The Morgan fingerprint density at radius 1 is 1.11 bits per heavy atom. The van der Waals surface area contributed by atoms with E-state index in [0.29, 0.717) is 18.8 Å². The highest BCUT2D eigenvalue weighted by molar-refractivity contribution is 7.89. The number of carbonyl (C=O) groups excluding carboxylic acids is 1. The Kier molecular flexibility index (Phi) is 7.46. The first kappa shape index (κ1) is 22.2. The minimum atomic E-state index is -3.65. The Labute approximate surface area is 171 Å². The van der Waals surface area contributed by atoms with Gasteiger partial charge in [-0.3, -0.25) is 4.79 Å². The van der Waals surface area contributed by atoms with Gasteiger partial charge >= 0.3 is 0 Å². The molecule has 6 nitrogen and oxygen atoms in total. The summed E-state index contributed by atoms with van der Waals surface area (Å²) in [7, 11) is -3.65. The van der Waals surface area contributed by atoms with Gasteiger partial charge in [0, 0.05) is 13.1 Å². The molecule has 0 unspecified atom stereocenters. The van der Waals surface area contributed by atoms with Gasteiger partial charge in [0.25, 0.3) is 5.91 Å². The number of hydrogen-bond acceptors (Lipinski definition) is 4. The molecule has 152 valence electrons. The number of carbonyl (C=O) groups is 1. The summed E-state index contributed by atoms with van der Waals surface area (Å²) in [5.41, 5.74) is 2.17. The summed E-state index contributed by atoms with van der Waals surface area (Å²) in [5, 5.41) is 2.87. The summed E-state index contributed by atoms with van der Waals surface area (Å²) in [6, 6.07) is 9.99. The number of nitrogens with one attached hydrogen (secondary N) is 1. The average Bonchev–Trinajstić information content (AvgIpc) is 2.65. The Morgan fingerprint density at radius 2 is 1.79 bits per heavy atom. The summed E-state index contributed by atoms with van der Waals surface area (Å²) in [5.74, 6) is 0.194. The van der Waals surface area contributed by atoms with Crippen LogP contribution in [-0.2, 0) is 14.8 Å². The smallest absolute Gasteiger partial charge is 0.262 e. The second-order valence-electron chi connectivity index (χ2n) is 6.34. The first-order chi connectivity index (χ1) is 13.2. The molecular weight excluding hydrogens is 400 g/mol. The Hall–Kier alpha value is -2.09. The third-order valence-electron chi connectivity index (χ3n) is 4.26. The molecular formula is C20H25ClN2O4S. The summed E-state index contributed by atoms with van der Waals surface area (Å²) in [6.07, 6.45) is 0. The standard InChI is InChI=1S/C20H25ClN2O4S/c1-5-23(6-2)28(25,26)16-9-10-17(21)18(12-16)22-20(24)13-27-19-11-14(3)7-8-15(19)4/h7-12H,5-6,13H2,1-4H3,(H,22,24). The van der Waals surface area contributed by atoms with E-state index < -0.39 is 15.9 Å². The van der Waals surface area contributed by atoms with Crippen LogP contribution in [-0.4, -0.2) is 38.3 Å². The minimum Gasteiger partial charge on any atom is -0.483 e. The topological polar surface area (TPSA) is 75.7 Å². The van der Waals surface area contributed by atoms with Crippen molar-refractivity contribution in [1.29, 1.82) is 0 Å². The van der Waals surface area contributed by atoms with Crippen molar-refractivity contribution in [3.8, 4) is 5.75 Å². The van der Waals surface area contributed by atoms with Gasteiger partial charge in [0.1, 0.15) is 5.75 Å². The maximum absolute atomic E-state index is 12.7. The van der Waals surface area contributed by atoms with Crippen LogP contribution in [0, 0.1) is 13.8 Å². The van der Waals surface area contributed by atoms with Gasteiger partial charge < -0.3 is 10.1 Å². The van der Waals surface area contributed by atoms with Crippen LogP contribution in [0.3, 0.4) is 0 Å². The van der Waals surface area contributed by atoms with E-state index in [1.165, 1.54) is 22.5 Å². The van der Waals surface area contributed by atoms with Crippen molar-refractivity contribution in [3.63, 3.8) is 0 Å². The molecule has 0 spiro atoms. The van der Waals surface area contributed by atoms with Crippen molar-refractivity contribution >= 4 is 33.2 Å². The largest absolute Gasteiger partial charge is 0.483 e. The number of hydrogen-bond donors (Lipinski definition) is 1. The SMILES string of the molecule is CCN(CC)S(=O)(=O)c1ccc(Cl)c(NC(=O)COc2cc(C)ccc2C)c1. The van der Waals surface area contributed by atoms with E-state index in [1.54, 1.807) is 13.8 Å². The molecule has 0 aromatic heterocycles. The molecule has 1 N–H and O–H groups in total. The molecule has 0 radical (unpaired) electrons. The number of ether oxygens (including phenoxy) is 1. The molecule has 1 amide bonds. The Bertz CT molecular complexity index is 957. The lowest BCUT2D eigenvalue weighted by Gasteiger charge is -2.19. The normalized spacial score (nSPS) is 11.5. The predicted molar refractivity (Wildman–Crippen MR) is 112 cm³/mol. The molecule has 8 heteroatoms. The van der Waals surface area contributed by atoms with Crippen LogP contribution in [0.15, 0.2) is 41.3 Å². The number of sulfonamides is 1. The molecule has 2 rings (SSSR count). The van der Waals surface area contributed by atoms with E-state index in [0.717, 1.165) is 11.1 Å². The number of aryl methyl sites for hydroxylation is 2. The van der Waals surface area contributed by atoms with Gasteiger partial charge in [0.05, 0.1) is 15.6 Å². The highest BCUT2D eigenvalue weighted by Crippen LogP contribution is 2.27. The van der Waals surface area contributed by atoms with Crippen LogP contribution in [0.25, 0.3) is 0 Å². The van der Waals surface area contributed by atoms with E-state index in [4.69, 9.17) is 16.3 Å². The Balaban J connectivity index is 2.15. The molecule has 28 heavy (non-hydrogen) atoms. The van der Waals surface area contributed by atoms with Gasteiger partial charge in [-0.05, 0) is 49.2 Å². The van der Waals surface area contributed by atoms with Crippen LogP contribution >= 0.6 is 11.6 Å². The van der Waals surface area contributed by atoms with Crippen molar-refractivity contribution < 1.29 is 17.9 Å². The van der Waals surface area contributed by atoms with Crippen molar-refractivity contribution in [1.82, 2.24) is 4.31 Å². The summed E-state index contributed by atoms with van der Waals surface area (Å²) >= 11 is 6.14. The average molecular weight is 425 g/mol. The fourth-order valence-electron chi connectivity index (χ4n) is 2.67. The summed E-state index contributed by atoms with van der Waals surface area (Å²) in [4.78, 5) is 12.4. The van der Waals surface area contributed by atoms with E-state index in [-0.39, 0.29) is 22.2 Å². The third-order valence-corrected chi connectivity index (χ3v) is 6.63. The number of amides is 1. The quantitative estimate of drug-likeness (QED) is 0.694. The van der Waals surface area contributed by atoms with E-state index in [1.807, 2.05) is 32.0 Å². The molecule has 0 aliphatic heterocycles. The predicted octanol–water partition coefficient (Wildman–Crippen LogP) is 4.00. The molecule has 0 atom stereocenters. The lowest BCUT2D eigenvalue weighted by atomic mass is 10.1. The van der Waals surface area contributed by atoms with Crippen LogP contribution in [0.1, 0.15) is 25.0 Å². The summed E-state index contributed by atoms with van der Waals surface area (Å²) < 4.78 is 32.3. The second kappa shape index (κ2) is 9.41. The molecule has 0 heterocycles. The van der Waals surface area contributed by atoms with Crippen molar-refractivity contribution in [2.45, 2.75) is 32.6 Å². The van der Waals surface area contributed by atoms with E-state index >= 15 is 0 Å². The highest BCUT2D eigenvalue weighted by atomic mass is 35.5. The van der Waals surface area contributed by atoms with Gasteiger partial charge in [-0.1, -0.05) is 37.6 Å². The summed E-state index contributed by atoms with van der Waals surface area (Å²) in [6.45, 7) is 7.86. The molecule has 0 aliphatic rings. The molecule has 0 saturated carbocycles. The second-order valence-corrected chi connectivity index (χ2v) is 8.68. The molecule has 0 saturated heterocycles. The highest BCUT2D eigenvalue weighted by Gasteiger charge is 2.22. The fourth-order valence-corrected chi connectivity index (χ4v) is 4.32. The zero-order valence-corrected chi connectivity index (χ0v) is 18.0. The maximum atomic E-state index is 12.7. The Morgan fingerprint density at radius 3 is 2.43 bits per heavy atom. The zero-order chi connectivity index (χ0) is 20.9. The third kappa shape index (κ3) is 5.25. The molecule has 2 aromatic rings. The van der Waals surface area contributed by atoms with Crippen LogP contribution in [0.2, 0.25) is 5.02 Å². The van der Waals surface area contributed by atoms with Gasteiger partial charge in [-0.15, -0.1) is 0 Å². The molecule has 0 aliphatic carbocycles. The minimum absolute atomic E-state index is 0.0753. The van der Waals surface area contributed by atoms with Crippen LogP contribution < -0.4 is 10.1 Å². The van der Waals surface area contributed by atoms with Gasteiger partial charge in [-0.2, -0.15) is 4.31 Å². The van der Waals surface area contributed by atoms with Gasteiger partial charge in [0.2, 0.25) is 10.0 Å². The zero-order valence-electron chi connectivity index (χ0n) is 16.5. The number of rotatable bonds is 8. The van der Waals surface area contributed by atoms with E-state index in [2.05, 4.69) is 5.32 Å². The maximum Gasteiger partial charge on any atom is 0.262 e. The lowest BCUT2D eigenvalue weighted by Crippen LogP contribution is -2.30. The van der Waals surface area contributed by atoms with Crippen molar-refractivity contribution in [2.24, 2.45) is 0 Å². The van der Waals surface area contributed by atoms with E-state index in [9.17, 15) is 13.2 Å².